The van der Waals surface area contributed by atoms with Crippen LogP contribution in [0.4, 0.5) is 20.6 Å². The number of anilines is 2. The lowest BCUT2D eigenvalue weighted by molar-refractivity contribution is -0.115. The lowest BCUT2D eigenvalue weighted by Crippen LogP contribution is -2.48. The lowest BCUT2D eigenvalue weighted by Gasteiger charge is -2.33. The van der Waals surface area contributed by atoms with Gasteiger partial charge in [-0.2, -0.15) is 0 Å². The van der Waals surface area contributed by atoms with Gasteiger partial charge in [-0.25, -0.2) is 9.18 Å². The van der Waals surface area contributed by atoms with Crippen molar-refractivity contribution in [3.63, 3.8) is 0 Å². The Bertz CT molecular complexity index is 1060. The fourth-order valence-corrected chi connectivity index (χ4v) is 4.03. The van der Waals surface area contributed by atoms with E-state index in [1.165, 1.54) is 13.8 Å². The molecule has 8 nitrogen and oxygen atoms in total. The van der Waals surface area contributed by atoms with Crippen molar-refractivity contribution in [1.29, 1.82) is 0 Å². The maximum Gasteiger partial charge on any atom is 0.412 e. The molecule has 0 aromatic heterocycles. The maximum absolute atomic E-state index is 14.7. The Morgan fingerprint density at radius 2 is 1.79 bits per heavy atom. The molecule has 2 N–H and O–H groups in total. The second-order valence-electron chi connectivity index (χ2n) is 8.72. The molecule has 0 saturated carbocycles. The van der Waals surface area contributed by atoms with Gasteiger partial charge in [0.25, 0.3) is 0 Å². The molecule has 1 atom stereocenters. The minimum absolute atomic E-state index is 0.0537. The molecule has 0 radical (unpaired) electrons. The van der Waals surface area contributed by atoms with Crippen molar-refractivity contribution in [2.24, 2.45) is 0 Å². The normalized spacial score (nSPS) is 16.7. The van der Waals surface area contributed by atoms with E-state index in [9.17, 15) is 18.8 Å². The van der Waals surface area contributed by atoms with Gasteiger partial charge in [0.15, 0.2) is 0 Å². The van der Waals surface area contributed by atoms with Crippen molar-refractivity contribution >= 4 is 29.3 Å². The van der Waals surface area contributed by atoms with Gasteiger partial charge in [-0.3, -0.25) is 14.5 Å². The molecule has 3 amide bonds. The lowest BCUT2D eigenvalue weighted by atomic mass is 10.0. The Labute approximate surface area is 198 Å². The summed E-state index contributed by atoms with van der Waals surface area (Å²) in [6.07, 6.45) is 0.253. The number of nitrogens with zero attached hydrogens (tertiary/aromatic N) is 1. The van der Waals surface area contributed by atoms with Gasteiger partial charge in [-0.1, -0.05) is 30.3 Å². The monoisotopic (exact) mass is 471 g/mol. The number of carbonyl (C=O) groups is 3. The fraction of sp³-hybridized carbons (Fsp3) is 0.400. The van der Waals surface area contributed by atoms with Gasteiger partial charge in [-0.15, -0.1) is 0 Å². The van der Waals surface area contributed by atoms with Crippen LogP contribution in [0.1, 0.15) is 45.2 Å². The third-order valence-electron chi connectivity index (χ3n) is 5.52. The average molecular weight is 472 g/mol. The Balaban J connectivity index is 1.76. The van der Waals surface area contributed by atoms with Gasteiger partial charge in [0.05, 0.1) is 18.3 Å². The molecule has 1 heterocycles. The van der Waals surface area contributed by atoms with Crippen molar-refractivity contribution < 1.29 is 28.2 Å². The first-order chi connectivity index (χ1) is 16.1. The molecule has 1 aliphatic heterocycles. The molecule has 34 heavy (non-hydrogen) atoms. The van der Waals surface area contributed by atoms with E-state index in [0.29, 0.717) is 18.4 Å². The molecular weight excluding hydrogens is 441 g/mol. The van der Waals surface area contributed by atoms with Crippen molar-refractivity contribution in [3.8, 4) is 0 Å². The number of halogens is 1. The number of ether oxygens (including phenoxy) is 2. The number of amides is 3. The zero-order valence-corrected chi connectivity index (χ0v) is 19.8. The predicted octanol–water partition coefficient (Wildman–Crippen LogP) is 4.45. The molecule has 9 heteroatoms. The van der Waals surface area contributed by atoms with Crippen LogP contribution in [0, 0.1) is 5.82 Å². The Hall–Kier alpha value is -3.46. The largest absolute Gasteiger partial charge is 0.444 e. The van der Waals surface area contributed by atoms with Crippen LogP contribution >= 0.6 is 0 Å². The SMILES string of the molecule is CC(=O)Nc1cc(F)c(NC(C)=O)c(CC[C@H]2COC(C)(C)N2C(=O)OCc2ccccc2)c1. The highest BCUT2D eigenvalue weighted by Crippen LogP contribution is 2.33. The van der Waals surface area contributed by atoms with Crippen LogP contribution in [0.5, 0.6) is 0 Å². The topological polar surface area (TPSA) is 97.0 Å². The highest BCUT2D eigenvalue weighted by atomic mass is 19.1. The third-order valence-corrected chi connectivity index (χ3v) is 5.52. The van der Waals surface area contributed by atoms with E-state index in [2.05, 4.69) is 10.6 Å². The van der Waals surface area contributed by atoms with Gasteiger partial charge in [0, 0.05) is 19.5 Å². The highest BCUT2D eigenvalue weighted by molar-refractivity contribution is 5.92. The standard InChI is InChI=1S/C25H30FN3O5/c1-16(30)27-20-12-19(23(22(26)13-20)28-17(2)31)10-11-21-15-34-25(3,4)29(21)24(32)33-14-18-8-6-5-7-9-18/h5-9,12-13,21H,10-11,14-15H2,1-4H3,(H,27,30)(H,28,31)/t21-/m0/s1. The van der Waals surface area contributed by atoms with Gasteiger partial charge in [0.2, 0.25) is 11.8 Å². The minimum atomic E-state index is -0.873. The van der Waals surface area contributed by atoms with E-state index in [1.54, 1.807) is 24.8 Å². The molecule has 3 rings (SSSR count). The van der Waals surface area contributed by atoms with Gasteiger partial charge in [-0.05, 0) is 49.9 Å². The predicted molar refractivity (Wildman–Crippen MR) is 126 cm³/mol. The summed E-state index contributed by atoms with van der Waals surface area (Å²) < 4.78 is 26.1. The van der Waals surface area contributed by atoms with E-state index in [0.717, 1.165) is 11.6 Å². The van der Waals surface area contributed by atoms with Gasteiger partial charge in [0.1, 0.15) is 18.1 Å². The number of nitrogens with one attached hydrogen (secondary N) is 2. The second-order valence-corrected chi connectivity index (χ2v) is 8.72. The van der Waals surface area contributed by atoms with Crippen LogP contribution in [0.25, 0.3) is 0 Å². The van der Waals surface area contributed by atoms with E-state index in [1.807, 2.05) is 30.3 Å². The molecule has 0 aliphatic carbocycles. The molecular formula is C25H30FN3O5. The van der Waals surface area contributed by atoms with Crippen LogP contribution in [0.15, 0.2) is 42.5 Å². The first kappa shape index (κ1) is 25.2. The van der Waals surface area contributed by atoms with Crippen LogP contribution in [0.3, 0.4) is 0 Å². The van der Waals surface area contributed by atoms with E-state index >= 15 is 0 Å². The van der Waals surface area contributed by atoms with Crippen LogP contribution < -0.4 is 10.6 Å². The van der Waals surface area contributed by atoms with Crippen molar-refractivity contribution in [3.05, 3.63) is 59.4 Å². The first-order valence-electron chi connectivity index (χ1n) is 11.1. The van der Waals surface area contributed by atoms with Crippen LogP contribution in [-0.4, -0.2) is 41.2 Å². The zero-order valence-electron chi connectivity index (χ0n) is 19.8. The van der Waals surface area contributed by atoms with Crippen LogP contribution in [-0.2, 0) is 32.1 Å². The summed E-state index contributed by atoms with van der Waals surface area (Å²) in [5, 5.41) is 5.09. The number of carbonyl (C=O) groups excluding carboxylic acids is 3. The molecule has 0 unspecified atom stereocenters. The van der Waals surface area contributed by atoms with E-state index < -0.39 is 23.5 Å². The Morgan fingerprint density at radius 3 is 2.44 bits per heavy atom. The molecule has 182 valence electrons. The van der Waals surface area contributed by atoms with E-state index in [-0.39, 0.29) is 36.5 Å². The molecule has 2 aromatic rings. The number of hydrogen-bond acceptors (Lipinski definition) is 5. The second kappa shape index (κ2) is 10.6. The first-order valence-corrected chi connectivity index (χ1v) is 11.1. The number of aryl methyl sites for hydroxylation is 1. The summed E-state index contributed by atoms with van der Waals surface area (Å²) in [6, 6.07) is 11.8. The van der Waals surface area contributed by atoms with Gasteiger partial charge >= 0.3 is 6.09 Å². The quantitative estimate of drug-likeness (QED) is 0.622. The molecule has 2 aromatic carbocycles. The van der Waals surface area contributed by atoms with Crippen molar-refractivity contribution in [1.82, 2.24) is 4.90 Å². The summed E-state index contributed by atoms with van der Waals surface area (Å²) in [7, 11) is 0. The maximum atomic E-state index is 14.7. The summed E-state index contributed by atoms with van der Waals surface area (Å²) in [5.74, 6) is -1.40. The fourth-order valence-electron chi connectivity index (χ4n) is 4.03. The van der Waals surface area contributed by atoms with E-state index in [4.69, 9.17) is 9.47 Å². The van der Waals surface area contributed by atoms with Crippen LogP contribution in [0.2, 0.25) is 0 Å². The summed E-state index contributed by atoms with van der Waals surface area (Å²) in [5.41, 5.74) is 0.841. The molecule has 0 bridgehead atoms. The Morgan fingerprint density at radius 1 is 1.12 bits per heavy atom. The molecule has 0 spiro atoms. The molecule has 1 aliphatic rings. The highest BCUT2D eigenvalue weighted by Gasteiger charge is 2.44. The molecule has 1 saturated heterocycles. The minimum Gasteiger partial charge on any atom is -0.444 e. The summed E-state index contributed by atoms with van der Waals surface area (Å²) >= 11 is 0. The number of rotatable bonds is 7. The average Bonchev–Trinajstić information content (AvgIpc) is 3.07. The van der Waals surface area contributed by atoms with Gasteiger partial charge < -0.3 is 20.1 Å². The summed E-state index contributed by atoms with van der Waals surface area (Å²) in [4.78, 5) is 37.6. The number of benzene rings is 2. The zero-order chi connectivity index (χ0) is 24.9. The Kier molecular flexibility index (Phi) is 7.88. The summed E-state index contributed by atoms with van der Waals surface area (Å²) in [6.45, 7) is 6.62. The smallest absolute Gasteiger partial charge is 0.412 e. The molecule has 1 fully saturated rings. The third kappa shape index (κ3) is 6.32. The van der Waals surface area contributed by atoms with Crippen molar-refractivity contribution in [2.75, 3.05) is 17.2 Å². The van der Waals surface area contributed by atoms with Crippen molar-refractivity contribution in [2.45, 2.75) is 58.9 Å². The number of hydrogen-bond donors (Lipinski definition) is 2.